The Labute approximate surface area is 255 Å². The van der Waals surface area contributed by atoms with E-state index < -0.39 is 0 Å². The number of hydrogen-bond donors (Lipinski definition) is 2. The highest BCUT2D eigenvalue weighted by atomic mass is 32.2. The molecule has 43 heavy (non-hydrogen) atoms. The van der Waals surface area contributed by atoms with Crippen molar-refractivity contribution in [3.63, 3.8) is 0 Å². The molecule has 0 aromatic heterocycles. The van der Waals surface area contributed by atoms with Crippen molar-refractivity contribution in [3.05, 3.63) is 137 Å². The summed E-state index contributed by atoms with van der Waals surface area (Å²) in [5, 5.41) is 6.89. The Bertz CT molecular complexity index is 1560. The summed E-state index contributed by atoms with van der Waals surface area (Å²) in [6, 6.07) is 33.8. The minimum atomic E-state index is -0.338. The summed E-state index contributed by atoms with van der Waals surface area (Å²) >= 11 is 1.59. The summed E-state index contributed by atoms with van der Waals surface area (Å²) in [5.41, 5.74) is 6.84. The van der Waals surface area contributed by atoms with E-state index in [1.54, 1.807) is 48.2 Å². The molecule has 3 amide bonds. The van der Waals surface area contributed by atoms with Gasteiger partial charge in [0, 0.05) is 12.1 Å². The largest absolute Gasteiger partial charge is 0.484 e. The van der Waals surface area contributed by atoms with Gasteiger partial charge in [0.15, 0.2) is 6.61 Å². The first kappa shape index (κ1) is 29.6. The highest BCUT2D eigenvalue weighted by Gasteiger charge is 2.32. The molecule has 1 aliphatic rings. The zero-order valence-electron chi connectivity index (χ0n) is 23.7. The zero-order chi connectivity index (χ0) is 30.0. The fraction of sp³-hybridized carbons (Fsp3) is 0.176. The molecule has 4 aromatic carbocycles. The van der Waals surface area contributed by atoms with E-state index in [1.807, 2.05) is 84.6 Å². The van der Waals surface area contributed by atoms with Gasteiger partial charge in [0.05, 0.1) is 18.0 Å². The standard InChI is InChI=1S/C34H32N4O4S/c1-24(27-10-6-3-7-11-27)36-31(39)22-42-30-18-12-25(13-19-30)20-35-37-33(41)28-14-16-29(17-15-28)34-38(32(40)23-43-34)21-26-8-4-2-5-9-26/h2-20,24,34H,21-23H2,1H3,(H,36,39)(H,37,41)/b35-20-/t24-,34-/m1/s1. The number of nitrogens with zero attached hydrogens (tertiary/aromatic N) is 2. The second-order valence-electron chi connectivity index (χ2n) is 10.0. The third-order valence-electron chi connectivity index (χ3n) is 6.93. The molecule has 1 heterocycles. The van der Waals surface area contributed by atoms with Crippen LogP contribution in [0.1, 0.15) is 51.0 Å². The van der Waals surface area contributed by atoms with E-state index in [-0.39, 0.29) is 35.7 Å². The smallest absolute Gasteiger partial charge is 0.271 e. The number of carbonyl (C=O) groups is 3. The van der Waals surface area contributed by atoms with Crippen molar-refractivity contribution in [3.8, 4) is 5.75 Å². The van der Waals surface area contributed by atoms with Crippen LogP contribution in [0.15, 0.2) is 114 Å². The van der Waals surface area contributed by atoms with Crippen LogP contribution < -0.4 is 15.5 Å². The normalized spacial score (nSPS) is 15.3. The van der Waals surface area contributed by atoms with Gasteiger partial charge >= 0.3 is 0 Å². The molecule has 1 aliphatic heterocycles. The quantitative estimate of drug-likeness (QED) is 0.178. The number of ether oxygens (including phenoxy) is 1. The van der Waals surface area contributed by atoms with Crippen molar-refractivity contribution in [2.24, 2.45) is 5.10 Å². The number of hydrogen-bond acceptors (Lipinski definition) is 6. The Morgan fingerprint density at radius 1 is 0.953 bits per heavy atom. The summed E-state index contributed by atoms with van der Waals surface area (Å²) in [6.45, 7) is 2.37. The predicted molar refractivity (Wildman–Crippen MR) is 169 cm³/mol. The number of amides is 3. The monoisotopic (exact) mass is 592 g/mol. The minimum Gasteiger partial charge on any atom is -0.484 e. The molecule has 218 valence electrons. The van der Waals surface area contributed by atoms with Gasteiger partial charge in [0.2, 0.25) is 5.91 Å². The lowest BCUT2D eigenvalue weighted by Gasteiger charge is -2.24. The van der Waals surface area contributed by atoms with Gasteiger partial charge in [-0.05, 0) is 65.6 Å². The molecule has 0 bridgehead atoms. The Morgan fingerprint density at radius 3 is 2.33 bits per heavy atom. The summed E-state index contributed by atoms with van der Waals surface area (Å²) in [7, 11) is 0. The van der Waals surface area contributed by atoms with Gasteiger partial charge in [-0.15, -0.1) is 11.8 Å². The van der Waals surface area contributed by atoms with Crippen LogP contribution in [-0.4, -0.2) is 41.2 Å². The molecule has 1 saturated heterocycles. The van der Waals surface area contributed by atoms with Crippen molar-refractivity contribution < 1.29 is 19.1 Å². The molecule has 0 unspecified atom stereocenters. The van der Waals surface area contributed by atoms with Gasteiger partial charge in [-0.2, -0.15) is 5.10 Å². The van der Waals surface area contributed by atoms with E-state index in [2.05, 4.69) is 15.8 Å². The Kier molecular flexibility index (Phi) is 9.86. The third-order valence-corrected chi connectivity index (χ3v) is 8.18. The fourth-order valence-corrected chi connectivity index (χ4v) is 5.81. The second-order valence-corrected chi connectivity index (χ2v) is 11.1. The molecular weight excluding hydrogens is 560 g/mol. The number of hydrazone groups is 1. The van der Waals surface area contributed by atoms with Crippen LogP contribution in [0.25, 0.3) is 0 Å². The maximum absolute atomic E-state index is 12.6. The lowest BCUT2D eigenvalue weighted by atomic mass is 10.1. The first-order chi connectivity index (χ1) is 21.0. The Morgan fingerprint density at radius 2 is 1.63 bits per heavy atom. The summed E-state index contributed by atoms with van der Waals surface area (Å²) in [5.74, 6) is 0.541. The predicted octanol–water partition coefficient (Wildman–Crippen LogP) is 5.48. The van der Waals surface area contributed by atoms with E-state index in [4.69, 9.17) is 4.74 Å². The van der Waals surface area contributed by atoms with Crippen LogP contribution in [0.3, 0.4) is 0 Å². The van der Waals surface area contributed by atoms with Crippen molar-refractivity contribution >= 4 is 35.7 Å². The minimum absolute atomic E-state index is 0.0953. The average Bonchev–Trinajstić information content (AvgIpc) is 3.40. The van der Waals surface area contributed by atoms with Crippen molar-refractivity contribution in [2.45, 2.75) is 24.9 Å². The van der Waals surface area contributed by atoms with E-state index >= 15 is 0 Å². The number of carbonyl (C=O) groups excluding carboxylic acids is 3. The van der Waals surface area contributed by atoms with E-state index in [0.717, 1.165) is 22.3 Å². The molecule has 0 saturated carbocycles. The molecule has 1 fully saturated rings. The molecule has 0 radical (unpaired) electrons. The van der Waals surface area contributed by atoms with Crippen LogP contribution in [0.2, 0.25) is 0 Å². The van der Waals surface area contributed by atoms with Gasteiger partial charge in [0.25, 0.3) is 11.8 Å². The summed E-state index contributed by atoms with van der Waals surface area (Å²) < 4.78 is 5.60. The molecule has 0 spiro atoms. The van der Waals surface area contributed by atoms with Crippen LogP contribution in [0.5, 0.6) is 5.75 Å². The Hall–Kier alpha value is -4.89. The Balaban J connectivity index is 1.08. The molecule has 2 N–H and O–H groups in total. The zero-order valence-corrected chi connectivity index (χ0v) is 24.5. The number of rotatable bonds is 11. The number of nitrogens with one attached hydrogen (secondary N) is 2. The maximum atomic E-state index is 12.6. The third kappa shape index (κ3) is 8.11. The summed E-state index contributed by atoms with van der Waals surface area (Å²) in [6.07, 6.45) is 1.53. The molecule has 8 nitrogen and oxygen atoms in total. The van der Waals surface area contributed by atoms with E-state index in [9.17, 15) is 14.4 Å². The SMILES string of the molecule is C[C@@H](NC(=O)COc1ccc(/C=N\NC(=O)c2ccc([C@H]3SCC(=O)N3Cc3ccccc3)cc2)cc1)c1ccccc1. The van der Waals surface area contributed by atoms with Gasteiger partial charge in [-0.25, -0.2) is 5.43 Å². The van der Waals surface area contributed by atoms with E-state index in [1.165, 1.54) is 6.21 Å². The lowest BCUT2D eigenvalue weighted by Crippen LogP contribution is -2.31. The second kappa shape index (κ2) is 14.3. The van der Waals surface area contributed by atoms with Crippen molar-refractivity contribution in [1.29, 1.82) is 0 Å². The number of benzene rings is 4. The van der Waals surface area contributed by atoms with Gasteiger partial charge < -0.3 is 15.0 Å². The first-order valence-electron chi connectivity index (χ1n) is 13.9. The molecule has 5 rings (SSSR count). The van der Waals surface area contributed by atoms with Gasteiger partial charge in [-0.3, -0.25) is 14.4 Å². The van der Waals surface area contributed by atoms with Gasteiger partial charge in [0.1, 0.15) is 11.1 Å². The highest BCUT2D eigenvalue weighted by Crippen LogP contribution is 2.39. The topological polar surface area (TPSA) is 100 Å². The average molecular weight is 593 g/mol. The van der Waals surface area contributed by atoms with Crippen molar-refractivity contribution in [2.75, 3.05) is 12.4 Å². The highest BCUT2D eigenvalue weighted by molar-refractivity contribution is 8.00. The molecule has 4 aromatic rings. The summed E-state index contributed by atoms with van der Waals surface area (Å²) in [4.78, 5) is 39.3. The van der Waals surface area contributed by atoms with E-state index in [0.29, 0.717) is 23.6 Å². The molecule has 9 heteroatoms. The fourth-order valence-electron chi connectivity index (χ4n) is 4.62. The van der Waals surface area contributed by atoms with Crippen LogP contribution in [0, 0.1) is 0 Å². The van der Waals surface area contributed by atoms with Crippen LogP contribution in [-0.2, 0) is 16.1 Å². The van der Waals surface area contributed by atoms with Crippen LogP contribution in [0.4, 0.5) is 0 Å². The first-order valence-corrected chi connectivity index (χ1v) is 15.0. The molecule has 2 atom stereocenters. The molecule has 0 aliphatic carbocycles. The number of thioether (sulfide) groups is 1. The van der Waals surface area contributed by atoms with Gasteiger partial charge in [-0.1, -0.05) is 72.8 Å². The van der Waals surface area contributed by atoms with Crippen LogP contribution >= 0.6 is 11.8 Å². The van der Waals surface area contributed by atoms with Crippen molar-refractivity contribution in [1.82, 2.24) is 15.6 Å². The maximum Gasteiger partial charge on any atom is 0.271 e. The molecular formula is C34H32N4O4S. The lowest BCUT2D eigenvalue weighted by molar-refractivity contribution is -0.128.